The van der Waals surface area contributed by atoms with Gasteiger partial charge in [0, 0.05) is 11.1 Å². The molecule has 5 aromatic rings. The van der Waals surface area contributed by atoms with Gasteiger partial charge in [-0.2, -0.15) is 5.09 Å². The second-order valence-corrected chi connectivity index (χ2v) is 13.2. The van der Waals surface area contributed by atoms with Gasteiger partial charge in [0.2, 0.25) is 0 Å². The SMILES string of the molecule is CC(C)c1cc(C(C)C)c(N[P+]2([O-])Oc3ccc4ccccc4c3-c3c(ccc4ccccc34)O2)c(C(C)C)c1. The molecule has 0 fully saturated rings. The van der Waals surface area contributed by atoms with Crippen molar-refractivity contribution in [2.24, 2.45) is 0 Å². The smallest absolute Gasteiger partial charge is 0.431 e. The average molecular weight is 550 g/mol. The third kappa shape index (κ3) is 4.60. The summed E-state index contributed by atoms with van der Waals surface area (Å²) >= 11 is 0. The van der Waals surface area contributed by atoms with Crippen molar-refractivity contribution in [3.05, 3.63) is 102 Å². The Morgan fingerprint density at radius 1 is 0.600 bits per heavy atom. The normalized spacial score (nSPS) is 14.2. The summed E-state index contributed by atoms with van der Waals surface area (Å²) in [7, 11) is -3.92. The molecule has 1 heterocycles. The number of fused-ring (bicyclic) bond motifs is 7. The first-order chi connectivity index (χ1) is 19.1. The molecular weight excluding hydrogens is 513 g/mol. The van der Waals surface area contributed by atoms with Crippen molar-refractivity contribution >= 4 is 35.3 Å². The molecule has 5 aromatic carbocycles. The monoisotopic (exact) mass is 549 g/mol. The molecule has 0 atom stereocenters. The van der Waals surface area contributed by atoms with Gasteiger partial charge < -0.3 is 4.89 Å². The maximum Gasteiger partial charge on any atom is 0.431 e. The lowest BCUT2D eigenvalue weighted by Crippen LogP contribution is -2.28. The number of hydrogen-bond acceptors (Lipinski definition) is 4. The standard InChI is InChI=1S/C35H36NO3P/c1-21(2)26-19-29(22(3)4)35(30(20-26)23(5)6)36-40(37)38-31-17-15-24-11-7-9-13-27(24)33(31)34-28-14-10-8-12-25(28)16-18-32(34)39-40/h7-23H,1-6H3,(H,36,37). The van der Waals surface area contributed by atoms with Gasteiger partial charge in [0.1, 0.15) is 0 Å². The van der Waals surface area contributed by atoms with Crippen molar-refractivity contribution in [2.75, 3.05) is 5.09 Å². The lowest BCUT2D eigenvalue weighted by Gasteiger charge is -2.30. The van der Waals surface area contributed by atoms with Crippen LogP contribution in [-0.4, -0.2) is 0 Å². The Bertz CT molecular complexity index is 1620. The van der Waals surface area contributed by atoms with Gasteiger partial charge in [0.15, 0.2) is 11.5 Å². The van der Waals surface area contributed by atoms with Crippen molar-refractivity contribution in [1.82, 2.24) is 0 Å². The summed E-state index contributed by atoms with van der Waals surface area (Å²) in [5, 5.41) is 7.58. The summed E-state index contributed by atoms with van der Waals surface area (Å²) in [4.78, 5) is 14.8. The Morgan fingerprint density at radius 2 is 1.05 bits per heavy atom. The minimum absolute atomic E-state index is 0.213. The van der Waals surface area contributed by atoms with Crippen LogP contribution in [0.1, 0.15) is 76.0 Å². The minimum Gasteiger partial charge on any atom is -0.597 e. The molecule has 0 aliphatic carbocycles. The van der Waals surface area contributed by atoms with Crippen LogP contribution in [0.2, 0.25) is 0 Å². The molecule has 40 heavy (non-hydrogen) atoms. The van der Waals surface area contributed by atoms with Crippen molar-refractivity contribution in [3.63, 3.8) is 0 Å². The Labute approximate surface area is 237 Å². The van der Waals surface area contributed by atoms with Gasteiger partial charge >= 0.3 is 8.09 Å². The van der Waals surface area contributed by atoms with Crippen molar-refractivity contribution in [2.45, 2.75) is 59.3 Å². The van der Waals surface area contributed by atoms with Crippen LogP contribution in [0.15, 0.2) is 84.9 Å². The number of anilines is 1. The van der Waals surface area contributed by atoms with Crippen LogP contribution in [0.5, 0.6) is 11.5 Å². The number of hydrogen-bond donors (Lipinski definition) is 1. The molecule has 0 saturated heterocycles. The molecule has 4 nitrogen and oxygen atoms in total. The summed E-state index contributed by atoms with van der Waals surface area (Å²) in [5.74, 6) is 1.89. The molecule has 6 rings (SSSR count). The Hall–Kier alpha value is -3.59. The molecule has 0 unspecified atom stereocenters. The fourth-order valence-corrected chi connectivity index (χ4v) is 7.20. The van der Waals surface area contributed by atoms with Crippen LogP contribution in [-0.2, 0) is 0 Å². The third-order valence-corrected chi connectivity index (χ3v) is 9.22. The van der Waals surface area contributed by atoms with Crippen molar-refractivity contribution in [1.29, 1.82) is 0 Å². The predicted octanol–water partition coefficient (Wildman–Crippen LogP) is 9.95. The van der Waals surface area contributed by atoms with E-state index in [-0.39, 0.29) is 11.8 Å². The zero-order valence-corrected chi connectivity index (χ0v) is 24.9. The van der Waals surface area contributed by atoms with E-state index in [1.54, 1.807) is 0 Å². The third-order valence-electron chi connectivity index (χ3n) is 7.85. The fraction of sp³-hybridized carbons (Fsp3) is 0.257. The quantitative estimate of drug-likeness (QED) is 0.222. The molecule has 0 spiro atoms. The second kappa shape index (κ2) is 10.1. The topological polar surface area (TPSA) is 53.5 Å². The molecule has 0 aromatic heterocycles. The van der Waals surface area contributed by atoms with Gasteiger partial charge in [0.05, 0.1) is 5.69 Å². The van der Waals surface area contributed by atoms with Crippen LogP contribution in [0.3, 0.4) is 0 Å². The van der Waals surface area contributed by atoms with Crippen LogP contribution in [0.25, 0.3) is 32.7 Å². The summed E-state index contributed by atoms with van der Waals surface area (Å²) in [5.41, 5.74) is 6.12. The highest BCUT2D eigenvalue weighted by Gasteiger charge is 2.42. The van der Waals surface area contributed by atoms with Gasteiger partial charge in [-0.3, -0.25) is 9.05 Å². The lowest BCUT2D eigenvalue weighted by atomic mass is 9.88. The Kier molecular flexibility index (Phi) is 6.73. The number of nitrogens with one attached hydrogen (secondary N) is 1. The van der Waals surface area contributed by atoms with E-state index in [1.165, 1.54) is 5.56 Å². The molecule has 1 aliphatic heterocycles. The minimum atomic E-state index is -3.92. The van der Waals surface area contributed by atoms with E-state index < -0.39 is 8.09 Å². The van der Waals surface area contributed by atoms with Crippen LogP contribution in [0.4, 0.5) is 5.69 Å². The molecule has 0 radical (unpaired) electrons. The molecule has 204 valence electrons. The number of benzene rings is 5. The molecule has 1 aliphatic rings. The van der Waals surface area contributed by atoms with Crippen molar-refractivity contribution in [3.8, 4) is 22.6 Å². The highest BCUT2D eigenvalue weighted by atomic mass is 31.2. The van der Waals surface area contributed by atoms with E-state index in [2.05, 4.69) is 83.0 Å². The second-order valence-electron chi connectivity index (χ2n) is 11.6. The first-order valence-electron chi connectivity index (χ1n) is 14.1. The van der Waals surface area contributed by atoms with E-state index in [1.807, 2.05) is 48.5 Å². The van der Waals surface area contributed by atoms with E-state index in [9.17, 15) is 4.89 Å². The van der Waals surface area contributed by atoms with Crippen LogP contribution < -0.4 is 19.0 Å². The van der Waals surface area contributed by atoms with E-state index in [4.69, 9.17) is 9.05 Å². The molecular formula is C35H36NO3P. The van der Waals surface area contributed by atoms with Gasteiger partial charge in [-0.05, 0) is 68.1 Å². The van der Waals surface area contributed by atoms with Crippen LogP contribution >= 0.6 is 8.09 Å². The molecule has 0 amide bonds. The summed E-state index contributed by atoms with van der Waals surface area (Å²) in [6, 6.07) is 28.8. The maximum atomic E-state index is 14.8. The summed E-state index contributed by atoms with van der Waals surface area (Å²) in [6.45, 7) is 13.1. The highest BCUT2D eigenvalue weighted by Crippen LogP contribution is 2.61. The zero-order chi connectivity index (χ0) is 28.2. The lowest BCUT2D eigenvalue weighted by molar-refractivity contribution is -0.200. The highest BCUT2D eigenvalue weighted by molar-refractivity contribution is 7.61. The molecule has 1 N–H and O–H groups in total. The van der Waals surface area contributed by atoms with Crippen LogP contribution in [0, 0.1) is 0 Å². The van der Waals surface area contributed by atoms with Gasteiger partial charge in [0.25, 0.3) is 0 Å². The summed E-state index contributed by atoms with van der Waals surface area (Å²) < 4.78 is 12.9. The first-order valence-corrected chi connectivity index (χ1v) is 15.7. The fourth-order valence-electron chi connectivity index (χ4n) is 5.72. The Balaban J connectivity index is 1.59. The molecule has 0 bridgehead atoms. The Morgan fingerprint density at radius 3 is 1.48 bits per heavy atom. The predicted molar refractivity (Wildman–Crippen MR) is 167 cm³/mol. The van der Waals surface area contributed by atoms with Gasteiger partial charge in [-0.15, -0.1) is 0 Å². The van der Waals surface area contributed by atoms with Gasteiger partial charge in [-0.25, -0.2) is 0 Å². The summed E-state index contributed by atoms with van der Waals surface area (Å²) in [6.07, 6.45) is 0. The van der Waals surface area contributed by atoms with E-state index in [0.29, 0.717) is 17.4 Å². The average Bonchev–Trinajstić information content (AvgIpc) is 3.06. The maximum absolute atomic E-state index is 14.8. The van der Waals surface area contributed by atoms with Gasteiger partial charge in [-0.1, -0.05) is 114 Å². The van der Waals surface area contributed by atoms with E-state index in [0.717, 1.165) is 49.5 Å². The largest absolute Gasteiger partial charge is 0.597 e. The molecule has 0 saturated carbocycles. The first kappa shape index (κ1) is 26.6. The molecule has 5 heteroatoms. The zero-order valence-electron chi connectivity index (χ0n) is 24.0. The van der Waals surface area contributed by atoms with Crippen molar-refractivity contribution < 1.29 is 13.9 Å². The van der Waals surface area contributed by atoms with E-state index >= 15 is 0 Å². The number of rotatable bonds is 5.